The molecule has 0 aliphatic carbocycles. The fourth-order valence-corrected chi connectivity index (χ4v) is 6.30. The number of aliphatic hydroxyl groups excluding tert-OH is 1. The predicted octanol–water partition coefficient (Wildman–Crippen LogP) is 9.01. The molecule has 0 aliphatic heterocycles. The van der Waals surface area contributed by atoms with Crippen molar-refractivity contribution in [2.45, 2.75) is 6.61 Å². The van der Waals surface area contributed by atoms with Crippen LogP contribution in [0.2, 0.25) is 0 Å². The van der Waals surface area contributed by atoms with E-state index in [0.717, 1.165) is 21.5 Å². The molecule has 0 amide bonds. The Balaban J connectivity index is 0.928. The van der Waals surface area contributed by atoms with Gasteiger partial charge in [0.1, 0.15) is 52.9 Å². The Morgan fingerprint density at radius 3 is 1.05 bits per heavy atom. The molecule has 7 aromatic carbocycles. The number of carbonyl (C=O) groups is 1. The first-order valence-corrected chi connectivity index (χ1v) is 19.2. The second kappa shape index (κ2) is 20.4. The first-order chi connectivity index (χ1) is 29.1. The molecule has 59 heavy (non-hydrogen) atoms. The molecule has 0 aromatic heterocycles. The summed E-state index contributed by atoms with van der Waals surface area (Å²) in [5, 5.41) is 22.7. The van der Waals surface area contributed by atoms with Crippen molar-refractivity contribution in [2.75, 3.05) is 52.9 Å². The number of carboxylic acid groups (broad SMARTS) is 1. The number of benzene rings is 7. The van der Waals surface area contributed by atoms with Crippen molar-refractivity contribution in [3.05, 3.63) is 157 Å². The maximum Gasteiger partial charge on any atom is 0.336 e. The second-order valence-electron chi connectivity index (χ2n) is 13.1. The molecule has 0 saturated heterocycles. The quantitative estimate of drug-likeness (QED) is 0.0638. The molecular weight excluding hydrogens is 753 g/mol. The Kier molecular flexibility index (Phi) is 13.8. The van der Waals surface area contributed by atoms with Crippen LogP contribution in [0, 0.1) is 0 Å². The van der Waals surface area contributed by atoms with E-state index in [-0.39, 0.29) is 65.0 Å². The van der Waals surface area contributed by atoms with Crippen LogP contribution < -0.4 is 37.9 Å². The van der Waals surface area contributed by atoms with Crippen molar-refractivity contribution in [2.24, 2.45) is 0 Å². The summed E-state index contributed by atoms with van der Waals surface area (Å²) in [4.78, 5) is 11.8. The highest BCUT2D eigenvalue weighted by Gasteiger charge is 2.14. The maximum absolute atomic E-state index is 11.8. The first-order valence-electron chi connectivity index (χ1n) is 19.2. The summed E-state index contributed by atoms with van der Waals surface area (Å²) < 4.78 is 48.4. The average Bonchev–Trinajstić information content (AvgIpc) is 3.27. The van der Waals surface area contributed by atoms with Gasteiger partial charge in [-0.1, -0.05) is 91.0 Å². The van der Waals surface area contributed by atoms with Crippen LogP contribution >= 0.6 is 0 Å². The van der Waals surface area contributed by atoms with Crippen molar-refractivity contribution in [1.82, 2.24) is 0 Å². The van der Waals surface area contributed by atoms with Crippen molar-refractivity contribution in [1.29, 1.82) is 0 Å². The van der Waals surface area contributed by atoms with Gasteiger partial charge in [-0.2, -0.15) is 0 Å². The van der Waals surface area contributed by atoms with Crippen LogP contribution in [0.4, 0.5) is 0 Å². The molecule has 11 heteroatoms. The lowest BCUT2D eigenvalue weighted by Gasteiger charge is -2.17. The number of hydrogen-bond donors (Lipinski definition) is 2. The summed E-state index contributed by atoms with van der Waals surface area (Å²) in [6.07, 6.45) is 0. The van der Waals surface area contributed by atoms with Crippen LogP contribution in [0.3, 0.4) is 0 Å². The van der Waals surface area contributed by atoms with Gasteiger partial charge in [0.15, 0.2) is 46.0 Å². The van der Waals surface area contributed by atoms with E-state index in [0.29, 0.717) is 51.6 Å². The summed E-state index contributed by atoms with van der Waals surface area (Å²) in [5.41, 5.74) is 0.744. The van der Waals surface area contributed by atoms with Gasteiger partial charge in [0.05, 0.1) is 12.2 Å². The van der Waals surface area contributed by atoms with Gasteiger partial charge in [-0.3, -0.25) is 0 Å². The van der Waals surface area contributed by atoms with Gasteiger partial charge < -0.3 is 48.1 Å². The third-order valence-corrected chi connectivity index (χ3v) is 9.10. The highest BCUT2D eigenvalue weighted by molar-refractivity contribution is 5.89. The SMILES string of the molecule is O=C(O)c1ccccc1COc1cc2ccccc2cc1OCCOc1ccccc1OCCOc1cc2ccccc2cc1OCCOc1ccccc1OCCO. The van der Waals surface area contributed by atoms with E-state index in [1.54, 1.807) is 36.4 Å². The third kappa shape index (κ3) is 10.8. The zero-order chi connectivity index (χ0) is 40.7. The minimum atomic E-state index is -1.01. The molecule has 0 spiro atoms. The van der Waals surface area contributed by atoms with Gasteiger partial charge in [-0.25, -0.2) is 4.79 Å². The van der Waals surface area contributed by atoms with Gasteiger partial charge in [-0.15, -0.1) is 0 Å². The lowest BCUT2D eigenvalue weighted by atomic mass is 10.1. The van der Waals surface area contributed by atoms with Gasteiger partial charge in [0, 0.05) is 5.56 Å². The molecule has 302 valence electrons. The monoisotopic (exact) mass is 796 g/mol. The van der Waals surface area contributed by atoms with Crippen LogP contribution in [0.15, 0.2) is 146 Å². The topological polar surface area (TPSA) is 131 Å². The van der Waals surface area contributed by atoms with E-state index in [9.17, 15) is 9.90 Å². The van der Waals surface area contributed by atoms with E-state index in [1.165, 1.54) is 0 Å². The number of rotatable bonds is 22. The molecule has 7 rings (SSSR count). The number of aliphatic hydroxyl groups is 1. The van der Waals surface area contributed by atoms with Crippen molar-refractivity contribution in [3.63, 3.8) is 0 Å². The van der Waals surface area contributed by atoms with E-state index >= 15 is 0 Å². The van der Waals surface area contributed by atoms with Gasteiger partial charge >= 0.3 is 5.97 Å². The molecule has 0 heterocycles. The summed E-state index contributed by atoms with van der Waals surface area (Å²) in [6, 6.07) is 45.0. The lowest BCUT2D eigenvalue weighted by Crippen LogP contribution is -2.13. The Labute approximate surface area is 341 Å². The fourth-order valence-electron chi connectivity index (χ4n) is 6.30. The minimum absolute atomic E-state index is 0.0607. The number of carboxylic acids is 1. The molecule has 0 bridgehead atoms. The Morgan fingerprint density at radius 1 is 0.373 bits per heavy atom. The van der Waals surface area contributed by atoms with E-state index in [4.69, 9.17) is 43.0 Å². The van der Waals surface area contributed by atoms with Gasteiger partial charge in [0.25, 0.3) is 0 Å². The molecule has 0 unspecified atom stereocenters. The largest absolute Gasteiger partial charge is 0.487 e. The standard InChI is InChI=1S/C48H44O11/c49-21-22-52-40-17-7-8-18-41(40)53-23-26-56-44-29-34-11-1-2-12-35(34)30-45(44)57-27-24-54-42-19-9-10-20-43(42)55-25-28-58-46-31-36-13-3-4-14-37(36)32-47(46)59-33-38-15-5-6-16-39(38)48(50)51/h1-20,29-32,49H,21-28,33H2,(H,50,51). The molecule has 0 atom stereocenters. The zero-order valence-electron chi connectivity index (χ0n) is 32.3. The summed E-state index contributed by atoms with van der Waals surface area (Å²) in [7, 11) is 0. The normalized spacial score (nSPS) is 10.9. The highest BCUT2D eigenvalue weighted by Crippen LogP contribution is 2.35. The molecule has 0 fully saturated rings. The second-order valence-corrected chi connectivity index (χ2v) is 13.1. The van der Waals surface area contributed by atoms with Crippen molar-refractivity contribution in [3.8, 4) is 46.0 Å². The molecule has 0 saturated carbocycles. The molecule has 0 aliphatic rings. The Morgan fingerprint density at radius 2 is 0.678 bits per heavy atom. The number of hydrogen-bond acceptors (Lipinski definition) is 10. The van der Waals surface area contributed by atoms with Crippen LogP contribution in [0.25, 0.3) is 21.5 Å². The fraction of sp³-hybridized carbons (Fsp3) is 0.188. The number of para-hydroxylation sites is 4. The lowest BCUT2D eigenvalue weighted by molar-refractivity contribution is 0.0694. The van der Waals surface area contributed by atoms with E-state index < -0.39 is 5.97 Å². The zero-order valence-corrected chi connectivity index (χ0v) is 32.3. The average molecular weight is 797 g/mol. The van der Waals surface area contributed by atoms with Crippen LogP contribution in [0.5, 0.6) is 46.0 Å². The summed E-state index contributed by atoms with van der Waals surface area (Å²) in [5.74, 6) is 3.36. The predicted molar refractivity (Wildman–Crippen MR) is 224 cm³/mol. The molecule has 7 aromatic rings. The Bertz CT molecular complexity index is 2470. The van der Waals surface area contributed by atoms with E-state index in [1.807, 2.05) is 109 Å². The minimum Gasteiger partial charge on any atom is -0.487 e. The van der Waals surface area contributed by atoms with Crippen molar-refractivity contribution < 1.29 is 52.9 Å². The van der Waals surface area contributed by atoms with Crippen LogP contribution in [-0.4, -0.2) is 69.0 Å². The third-order valence-electron chi connectivity index (χ3n) is 9.10. The number of aromatic carboxylic acids is 1. The summed E-state index contributed by atoms with van der Waals surface area (Å²) in [6.45, 7) is 1.55. The van der Waals surface area contributed by atoms with Gasteiger partial charge in [0.2, 0.25) is 0 Å². The highest BCUT2D eigenvalue weighted by atomic mass is 16.6. The van der Waals surface area contributed by atoms with Gasteiger partial charge in [-0.05, 0) is 76.1 Å². The molecule has 0 radical (unpaired) electrons. The van der Waals surface area contributed by atoms with Crippen LogP contribution in [-0.2, 0) is 6.61 Å². The number of ether oxygens (including phenoxy) is 8. The van der Waals surface area contributed by atoms with E-state index in [2.05, 4.69) is 0 Å². The maximum atomic E-state index is 11.8. The summed E-state index contributed by atoms with van der Waals surface area (Å²) >= 11 is 0. The molecular formula is C48H44O11. The Hall–Kier alpha value is -7.11. The number of fused-ring (bicyclic) bond motifs is 2. The smallest absolute Gasteiger partial charge is 0.336 e. The first kappa shape index (κ1) is 40.1. The molecule has 2 N–H and O–H groups in total. The molecule has 11 nitrogen and oxygen atoms in total. The van der Waals surface area contributed by atoms with Crippen molar-refractivity contribution >= 4 is 27.5 Å². The van der Waals surface area contributed by atoms with Crippen LogP contribution in [0.1, 0.15) is 15.9 Å².